The van der Waals surface area contributed by atoms with Gasteiger partial charge in [0, 0.05) is 25.3 Å². The first-order valence-corrected chi connectivity index (χ1v) is 9.19. The molecule has 1 amide bonds. The highest BCUT2D eigenvalue weighted by atomic mass is 19.1. The van der Waals surface area contributed by atoms with Gasteiger partial charge in [-0.2, -0.15) is 0 Å². The van der Waals surface area contributed by atoms with Crippen LogP contribution in [0.2, 0.25) is 0 Å². The number of hydrogen-bond donors (Lipinski definition) is 1. The van der Waals surface area contributed by atoms with Gasteiger partial charge in [0.2, 0.25) is 5.95 Å². The zero-order chi connectivity index (χ0) is 18.5. The van der Waals surface area contributed by atoms with Crippen molar-refractivity contribution in [2.24, 2.45) is 0 Å². The molecule has 1 aliphatic rings. The number of nitrogens with zero attached hydrogens (tertiary/aromatic N) is 3. The molecule has 5 nitrogen and oxygen atoms in total. The summed E-state index contributed by atoms with van der Waals surface area (Å²) in [5, 5.41) is 2.86. The first kappa shape index (κ1) is 18.3. The number of hydrogen-bond acceptors (Lipinski definition) is 4. The van der Waals surface area contributed by atoms with Crippen molar-refractivity contribution in [3.8, 4) is 0 Å². The van der Waals surface area contributed by atoms with Gasteiger partial charge in [-0.15, -0.1) is 0 Å². The fraction of sp³-hybridized carbons (Fsp3) is 0.450. The van der Waals surface area contributed by atoms with Gasteiger partial charge < -0.3 is 10.2 Å². The van der Waals surface area contributed by atoms with E-state index < -0.39 is 0 Å². The SMILES string of the molecule is CC(C)c1cc(C(=O)NCc2ccc(F)cc2)nc(N2CCCCC2)n1. The van der Waals surface area contributed by atoms with Gasteiger partial charge in [0.25, 0.3) is 5.91 Å². The number of carbonyl (C=O) groups excluding carboxylic acids is 1. The van der Waals surface area contributed by atoms with Crippen LogP contribution >= 0.6 is 0 Å². The Balaban J connectivity index is 1.77. The van der Waals surface area contributed by atoms with E-state index in [0.717, 1.165) is 37.2 Å². The minimum atomic E-state index is -0.288. The van der Waals surface area contributed by atoms with Gasteiger partial charge in [-0.25, -0.2) is 14.4 Å². The predicted octanol–water partition coefficient (Wildman–Crippen LogP) is 3.66. The fourth-order valence-electron chi connectivity index (χ4n) is 2.98. The number of anilines is 1. The molecule has 1 fully saturated rings. The van der Waals surface area contributed by atoms with Crippen LogP contribution in [0.25, 0.3) is 0 Å². The maximum atomic E-state index is 13.0. The molecule has 138 valence electrons. The molecule has 1 saturated heterocycles. The second-order valence-corrected chi connectivity index (χ2v) is 6.99. The lowest BCUT2D eigenvalue weighted by atomic mass is 10.1. The Kier molecular flexibility index (Phi) is 5.81. The second-order valence-electron chi connectivity index (χ2n) is 6.99. The number of aromatic nitrogens is 2. The molecule has 1 aromatic heterocycles. The van der Waals surface area contributed by atoms with Crippen LogP contribution in [0.1, 0.15) is 60.8 Å². The van der Waals surface area contributed by atoms with Crippen LogP contribution in [0.5, 0.6) is 0 Å². The summed E-state index contributed by atoms with van der Waals surface area (Å²) in [6.45, 7) is 6.31. The Hall–Kier alpha value is -2.50. The summed E-state index contributed by atoms with van der Waals surface area (Å²) in [7, 11) is 0. The Morgan fingerprint density at radius 3 is 2.50 bits per heavy atom. The monoisotopic (exact) mass is 356 g/mol. The van der Waals surface area contributed by atoms with E-state index in [9.17, 15) is 9.18 Å². The molecular formula is C20H25FN4O. The minimum absolute atomic E-state index is 0.213. The standard InChI is InChI=1S/C20H25FN4O/c1-14(2)17-12-18(24-20(23-17)25-10-4-3-5-11-25)19(26)22-13-15-6-8-16(21)9-7-15/h6-9,12,14H,3-5,10-11,13H2,1-2H3,(H,22,26). The molecule has 2 heterocycles. The van der Waals surface area contributed by atoms with Crippen LogP contribution in [0, 0.1) is 5.82 Å². The molecule has 1 N–H and O–H groups in total. The molecule has 1 aromatic carbocycles. The van der Waals surface area contributed by atoms with E-state index in [1.807, 2.05) is 0 Å². The Morgan fingerprint density at radius 2 is 1.85 bits per heavy atom. The van der Waals surface area contributed by atoms with Crippen LogP contribution in [0.4, 0.5) is 10.3 Å². The van der Waals surface area contributed by atoms with E-state index in [1.165, 1.54) is 18.6 Å². The van der Waals surface area contributed by atoms with E-state index in [2.05, 4.69) is 34.0 Å². The van der Waals surface area contributed by atoms with Gasteiger partial charge >= 0.3 is 0 Å². The maximum absolute atomic E-state index is 13.0. The predicted molar refractivity (Wildman–Crippen MR) is 99.8 cm³/mol. The van der Waals surface area contributed by atoms with Gasteiger partial charge in [-0.05, 0) is 48.9 Å². The number of carbonyl (C=O) groups is 1. The van der Waals surface area contributed by atoms with Gasteiger partial charge in [0.05, 0.1) is 0 Å². The molecule has 0 spiro atoms. The van der Waals surface area contributed by atoms with Gasteiger partial charge in [-0.1, -0.05) is 26.0 Å². The van der Waals surface area contributed by atoms with Crippen LogP contribution in [0.15, 0.2) is 30.3 Å². The lowest BCUT2D eigenvalue weighted by Crippen LogP contribution is -2.32. The third kappa shape index (κ3) is 4.56. The lowest BCUT2D eigenvalue weighted by Gasteiger charge is -2.27. The molecule has 0 saturated carbocycles. The topological polar surface area (TPSA) is 58.1 Å². The second kappa shape index (κ2) is 8.25. The summed E-state index contributed by atoms with van der Waals surface area (Å²) in [4.78, 5) is 23.9. The highest BCUT2D eigenvalue weighted by Gasteiger charge is 2.19. The smallest absolute Gasteiger partial charge is 0.270 e. The van der Waals surface area contributed by atoms with Gasteiger partial charge in [0.15, 0.2) is 0 Å². The molecule has 26 heavy (non-hydrogen) atoms. The number of piperidine rings is 1. The summed E-state index contributed by atoms with van der Waals surface area (Å²) in [5.41, 5.74) is 2.09. The fourth-order valence-corrected chi connectivity index (χ4v) is 2.98. The molecule has 3 rings (SSSR count). The van der Waals surface area contributed by atoms with E-state index in [4.69, 9.17) is 0 Å². The van der Waals surface area contributed by atoms with Crippen molar-refractivity contribution < 1.29 is 9.18 Å². The molecule has 2 aromatic rings. The van der Waals surface area contributed by atoms with Crippen molar-refractivity contribution in [1.82, 2.24) is 15.3 Å². The molecule has 0 atom stereocenters. The molecule has 0 aliphatic carbocycles. The highest BCUT2D eigenvalue weighted by molar-refractivity contribution is 5.92. The quantitative estimate of drug-likeness (QED) is 0.888. The minimum Gasteiger partial charge on any atom is -0.347 e. The van der Waals surface area contributed by atoms with Gasteiger partial charge in [-0.3, -0.25) is 4.79 Å². The van der Waals surface area contributed by atoms with Crippen LogP contribution in [-0.2, 0) is 6.54 Å². The summed E-state index contributed by atoms with van der Waals surface area (Å²) in [6, 6.07) is 7.86. The van der Waals surface area contributed by atoms with Crippen LogP contribution in [0.3, 0.4) is 0 Å². The van der Waals surface area contributed by atoms with Gasteiger partial charge in [0.1, 0.15) is 11.5 Å². The molecule has 6 heteroatoms. The molecule has 0 unspecified atom stereocenters. The summed E-state index contributed by atoms with van der Waals surface area (Å²) >= 11 is 0. The largest absolute Gasteiger partial charge is 0.347 e. The van der Waals surface area contributed by atoms with Crippen LogP contribution < -0.4 is 10.2 Å². The summed E-state index contributed by atoms with van der Waals surface area (Å²) < 4.78 is 13.0. The van der Waals surface area contributed by atoms with Crippen molar-refractivity contribution in [3.63, 3.8) is 0 Å². The average Bonchev–Trinajstić information content (AvgIpc) is 2.67. The third-order valence-corrected chi connectivity index (χ3v) is 4.56. The van der Waals surface area contributed by atoms with Crippen molar-refractivity contribution >= 4 is 11.9 Å². The Bertz CT molecular complexity index is 755. The summed E-state index contributed by atoms with van der Waals surface area (Å²) in [5.74, 6) is 0.327. The first-order chi connectivity index (χ1) is 12.5. The number of rotatable bonds is 5. The Morgan fingerprint density at radius 1 is 1.15 bits per heavy atom. The van der Waals surface area contributed by atoms with E-state index in [1.54, 1.807) is 18.2 Å². The van der Waals surface area contributed by atoms with Crippen molar-refractivity contribution in [2.45, 2.75) is 45.6 Å². The third-order valence-electron chi connectivity index (χ3n) is 4.56. The molecule has 0 radical (unpaired) electrons. The molecule has 1 aliphatic heterocycles. The normalized spacial score (nSPS) is 14.5. The lowest BCUT2D eigenvalue weighted by molar-refractivity contribution is 0.0945. The zero-order valence-corrected chi connectivity index (χ0v) is 15.3. The number of nitrogens with one attached hydrogen (secondary N) is 1. The summed E-state index contributed by atoms with van der Waals surface area (Å²) in [6.07, 6.45) is 3.48. The van der Waals surface area contributed by atoms with Crippen LogP contribution in [-0.4, -0.2) is 29.0 Å². The Labute approximate surface area is 153 Å². The molecular weight excluding hydrogens is 331 g/mol. The van der Waals surface area contributed by atoms with Crippen molar-refractivity contribution in [1.29, 1.82) is 0 Å². The van der Waals surface area contributed by atoms with E-state index in [-0.39, 0.29) is 17.6 Å². The highest BCUT2D eigenvalue weighted by Crippen LogP contribution is 2.20. The molecule has 0 bridgehead atoms. The van der Waals surface area contributed by atoms with Crippen molar-refractivity contribution in [3.05, 3.63) is 53.1 Å². The van der Waals surface area contributed by atoms with E-state index >= 15 is 0 Å². The zero-order valence-electron chi connectivity index (χ0n) is 15.3. The average molecular weight is 356 g/mol. The number of halogens is 1. The van der Waals surface area contributed by atoms with Crippen molar-refractivity contribution in [2.75, 3.05) is 18.0 Å². The number of amides is 1. The maximum Gasteiger partial charge on any atom is 0.270 e. The van der Waals surface area contributed by atoms with E-state index in [0.29, 0.717) is 18.2 Å². The first-order valence-electron chi connectivity index (χ1n) is 9.19. The number of benzene rings is 1.